The molecular formula is C21H36N6O10. The van der Waals surface area contributed by atoms with Gasteiger partial charge in [0.1, 0.15) is 30.2 Å². The van der Waals surface area contributed by atoms with E-state index in [0.717, 1.165) is 0 Å². The molecule has 0 rings (SSSR count). The Morgan fingerprint density at radius 2 is 1.19 bits per heavy atom. The normalized spacial score (nSPS) is 15.6. The summed E-state index contributed by atoms with van der Waals surface area (Å²) in [5.41, 5.74) is 10.9. The van der Waals surface area contributed by atoms with Gasteiger partial charge in [-0.05, 0) is 46.5 Å². The molecule has 0 aliphatic carbocycles. The Hall–Kier alpha value is -3.79. The highest BCUT2D eigenvalue weighted by Gasteiger charge is 2.27. The molecule has 0 aliphatic rings. The van der Waals surface area contributed by atoms with Crippen LogP contribution in [0.4, 0.5) is 0 Å². The number of carboxylic acid groups (broad SMARTS) is 3. The number of nitrogens with one attached hydrogen (secondary N) is 4. The van der Waals surface area contributed by atoms with E-state index >= 15 is 0 Å². The van der Waals surface area contributed by atoms with Crippen LogP contribution in [0.5, 0.6) is 0 Å². The summed E-state index contributed by atoms with van der Waals surface area (Å²) in [5.74, 6) is -7.03. The van der Waals surface area contributed by atoms with Crippen molar-refractivity contribution in [3.8, 4) is 0 Å². The van der Waals surface area contributed by atoms with E-state index in [1.807, 2.05) is 0 Å². The van der Waals surface area contributed by atoms with Gasteiger partial charge in [-0.2, -0.15) is 0 Å². The van der Waals surface area contributed by atoms with E-state index in [1.165, 1.54) is 20.8 Å². The first-order chi connectivity index (χ1) is 17.1. The molecule has 0 aliphatic heterocycles. The Kier molecular flexibility index (Phi) is 14.4. The zero-order chi connectivity index (χ0) is 28.9. The summed E-state index contributed by atoms with van der Waals surface area (Å²) < 4.78 is 0. The van der Waals surface area contributed by atoms with E-state index in [-0.39, 0.29) is 25.7 Å². The number of nitrogens with two attached hydrogens (primary N) is 2. The van der Waals surface area contributed by atoms with Crippen LogP contribution < -0.4 is 32.7 Å². The standard InChI is InChI=1S/C21H36N6O10/c1-9(22)16(29)27-14(21(36)37)7-8-15(28)26-13(6-4-5-12(23)20(34)35)18(31)24-10(2)17(30)25-11(3)19(32)33/h9-14H,4-8,22-23H2,1-3H3,(H,24,31)(H,25,30)(H,26,28)(H,27,29)(H,32,33)(H,34,35)(H,36,37)/t9-,10+,11+,12+,13-,14+/m0/s1. The summed E-state index contributed by atoms with van der Waals surface area (Å²) in [6, 6.07) is -7.23. The molecule has 6 atom stereocenters. The van der Waals surface area contributed by atoms with Gasteiger partial charge >= 0.3 is 17.9 Å². The van der Waals surface area contributed by atoms with Gasteiger partial charge in [0.05, 0.1) is 6.04 Å². The molecule has 16 nitrogen and oxygen atoms in total. The van der Waals surface area contributed by atoms with Gasteiger partial charge in [-0.3, -0.25) is 28.8 Å². The lowest BCUT2D eigenvalue weighted by Gasteiger charge is -2.22. The molecule has 0 aromatic heterocycles. The second-order valence-electron chi connectivity index (χ2n) is 8.52. The predicted molar refractivity (Wildman–Crippen MR) is 127 cm³/mol. The molecule has 16 heteroatoms. The van der Waals surface area contributed by atoms with Crippen molar-refractivity contribution in [1.82, 2.24) is 21.3 Å². The molecule has 0 unspecified atom stereocenters. The molecule has 0 saturated carbocycles. The fourth-order valence-electron chi connectivity index (χ4n) is 2.82. The van der Waals surface area contributed by atoms with Crippen molar-refractivity contribution in [1.29, 1.82) is 0 Å². The van der Waals surface area contributed by atoms with E-state index in [2.05, 4.69) is 21.3 Å². The fraction of sp³-hybridized carbons (Fsp3) is 0.667. The van der Waals surface area contributed by atoms with Crippen LogP contribution in [0.15, 0.2) is 0 Å². The van der Waals surface area contributed by atoms with Crippen molar-refractivity contribution in [2.24, 2.45) is 11.5 Å². The summed E-state index contributed by atoms with van der Waals surface area (Å²) in [4.78, 5) is 82.2. The van der Waals surface area contributed by atoms with Crippen LogP contribution in [-0.4, -0.2) is 93.1 Å². The second-order valence-corrected chi connectivity index (χ2v) is 8.52. The van der Waals surface area contributed by atoms with Crippen LogP contribution in [0.1, 0.15) is 52.9 Å². The highest BCUT2D eigenvalue weighted by molar-refractivity contribution is 5.93. The predicted octanol–water partition coefficient (Wildman–Crippen LogP) is -3.16. The van der Waals surface area contributed by atoms with Crippen LogP contribution in [-0.2, 0) is 33.6 Å². The van der Waals surface area contributed by atoms with Gasteiger partial charge in [0.15, 0.2) is 0 Å². The third-order valence-corrected chi connectivity index (χ3v) is 5.15. The van der Waals surface area contributed by atoms with Gasteiger partial charge in [0, 0.05) is 6.42 Å². The van der Waals surface area contributed by atoms with Gasteiger partial charge in [0.25, 0.3) is 0 Å². The number of hydrogen-bond donors (Lipinski definition) is 9. The molecule has 0 heterocycles. The van der Waals surface area contributed by atoms with Crippen LogP contribution in [0.3, 0.4) is 0 Å². The molecular weight excluding hydrogens is 496 g/mol. The Labute approximate surface area is 212 Å². The first kappa shape index (κ1) is 33.2. The first-order valence-electron chi connectivity index (χ1n) is 11.5. The first-order valence-corrected chi connectivity index (χ1v) is 11.5. The van der Waals surface area contributed by atoms with E-state index < -0.39 is 84.2 Å². The number of amides is 4. The van der Waals surface area contributed by atoms with Gasteiger partial charge in [-0.1, -0.05) is 0 Å². The molecule has 0 fully saturated rings. The largest absolute Gasteiger partial charge is 0.480 e. The lowest BCUT2D eigenvalue weighted by molar-refractivity contribution is -0.142. The van der Waals surface area contributed by atoms with Gasteiger partial charge in [-0.15, -0.1) is 0 Å². The summed E-state index contributed by atoms with van der Waals surface area (Å²) in [5, 5.41) is 36.2. The number of carboxylic acids is 3. The van der Waals surface area contributed by atoms with Crippen molar-refractivity contribution in [3.05, 3.63) is 0 Å². The fourth-order valence-corrected chi connectivity index (χ4v) is 2.82. The van der Waals surface area contributed by atoms with Crippen LogP contribution >= 0.6 is 0 Å². The minimum Gasteiger partial charge on any atom is -0.480 e. The Balaban J connectivity index is 5.27. The minimum atomic E-state index is -1.41. The smallest absolute Gasteiger partial charge is 0.326 e. The minimum absolute atomic E-state index is 0.0223. The van der Waals surface area contributed by atoms with Crippen molar-refractivity contribution >= 4 is 41.5 Å². The summed E-state index contributed by atoms with van der Waals surface area (Å²) in [6.45, 7) is 3.87. The Morgan fingerprint density at radius 3 is 1.68 bits per heavy atom. The number of carbonyl (C=O) groups excluding carboxylic acids is 4. The lowest BCUT2D eigenvalue weighted by Crippen LogP contribution is -2.54. The third-order valence-electron chi connectivity index (χ3n) is 5.15. The maximum absolute atomic E-state index is 12.8. The number of aliphatic carboxylic acids is 3. The number of hydrogen-bond acceptors (Lipinski definition) is 9. The molecule has 0 bridgehead atoms. The van der Waals surface area contributed by atoms with Crippen LogP contribution in [0.2, 0.25) is 0 Å². The summed E-state index contributed by atoms with van der Waals surface area (Å²) >= 11 is 0. The molecule has 210 valence electrons. The Bertz CT molecular complexity index is 865. The maximum atomic E-state index is 12.8. The monoisotopic (exact) mass is 532 g/mol. The zero-order valence-corrected chi connectivity index (χ0v) is 20.9. The second kappa shape index (κ2) is 16.1. The quantitative estimate of drug-likeness (QED) is 0.0897. The molecule has 0 saturated heterocycles. The summed E-state index contributed by atoms with van der Waals surface area (Å²) in [7, 11) is 0. The molecule has 11 N–H and O–H groups in total. The third kappa shape index (κ3) is 13.2. The molecule has 0 aromatic carbocycles. The molecule has 0 spiro atoms. The van der Waals surface area contributed by atoms with Crippen LogP contribution in [0.25, 0.3) is 0 Å². The SMILES string of the molecule is C[C@H](N)C(=O)N[C@H](CCC(=O)N[C@@H](CCC[C@@H](N)C(=O)O)C(=O)N[C@H](C)C(=O)N[C@H](C)C(=O)O)C(=O)O. The highest BCUT2D eigenvalue weighted by Crippen LogP contribution is 2.07. The lowest BCUT2D eigenvalue weighted by atomic mass is 10.0. The van der Waals surface area contributed by atoms with Gasteiger partial charge in [-0.25, -0.2) is 4.79 Å². The van der Waals surface area contributed by atoms with Crippen molar-refractivity contribution in [2.75, 3.05) is 0 Å². The number of carbonyl (C=O) groups is 7. The topological polar surface area (TPSA) is 280 Å². The molecule has 4 amide bonds. The highest BCUT2D eigenvalue weighted by atomic mass is 16.4. The number of rotatable bonds is 17. The molecule has 0 aromatic rings. The summed E-state index contributed by atoms with van der Waals surface area (Å²) in [6.07, 6.45) is -0.705. The maximum Gasteiger partial charge on any atom is 0.326 e. The molecule has 0 radical (unpaired) electrons. The van der Waals surface area contributed by atoms with Crippen LogP contribution in [0, 0.1) is 0 Å². The van der Waals surface area contributed by atoms with E-state index in [1.54, 1.807) is 0 Å². The average Bonchev–Trinajstić information content (AvgIpc) is 2.79. The van der Waals surface area contributed by atoms with Crippen molar-refractivity contribution in [2.45, 2.75) is 89.1 Å². The van der Waals surface area contributed by atoms with Crippen molar-refractivity contribution in [3.63, 3.8) is 0 Å². The zero-order valence-electron chi connectivity index (χ0n) is 20.9. The van der Waals surface area contributed by atoms with Crippen molar-refractivity contribution < 1.29 is 48.9 Å². The van der Waals surface area contributed by atoms with Gasteiger partial charge in [0.2, 0.25) is 23.6 Å². The van der Waals surface area contributed by atoms with E-state index in [4.69, 9.17) is 21.7 Å². The average molecular weight is 533 g/mol. The Morgan fingerprint density at radius 1 is 0.622 bits per heavy atom. The van der Waals surface area contributed by atoms with E-state index in [0.29, 0.717) is 0 Å². The van der Waals surface area contributed by atoms with E-state index in [9.17, 15) is 38.7 Å². The molecule has 37 heavy (non-hydrogen) atoms. The van der Waals surface area contributed by atoms with Gasteiger partial charge < -0.3 is 48.1 Å².